The number of nitrogens with zero attached hydrogens (tertiary/aromatic N) is 4. The maximum atomic E-state index is 5.47. The SMILES string of the molecule is CN=C(NCc1cccnc1N1CCOCC1)N1CCC2(CCC2)C1. The van der Waals surface area contributed by atoms with E-state index in [4.69, 9.17) is 4.74 Å². The van der Waals surface area contributed by atoms with Crippen molar-refractivity contribution < 1.29 is 4.74 Å². The van der Waals surface area contributed by atoms with Crippen LogP contribution in [0.3, 0.4) is 0 Å². The molecule has 0 radical (unpaired) electrons. The second-order valence-corrected chi connectivity index (χ2v) is 7.51. The second-order valence-electron chi connectivity index (χ2n) is 7.51. The van der Waals surface area contributed by atoms with Crippen molar-refractivity contribution in [3.63, 3.8) is 0 Å². The minimum atomic E-state index is 0.588. The van der Waals surface area contributed by atoms with Crippen LogP contribution >= 0.6 is 0 Å². The minimum absolute atomic E-state index is 0.588. The molecule has 1 aromatic heterocycles. The molecule has 0 unspecified atom stereocenters. The van der Waals surface area contributed by atoms with E-state index in [2.05, 4.69) is 31.2 Å². The third kappa shape index (κ3) is 3.45. The fourth-order valence-electron chi connectivity index (χ4n) is 4.34. The molecule has 1 spiro atoms. The summed E-state index contributed by atoms with van der Waals surface area (Å²) in [5.41, 5.74) is 1.81. The molecule has 6 heteroatoms. The Labute approximate surface area is 150 Å². The Morgan fingerprint density at radius 3 is 2.80 bits per heavy atom. The van der Waals surface area contributed by atoms with Crippen LogP contribution in [0, 0.1) is 5.41 Å². The lowest BCUT2D eigenvalue weighted by molar-refractivity contribution is 0.122. The number of ether oxygens (including phenoxy) is 1. The highest BCUT2D eigenvalue weighted by Crippen LogP contribution is 2.47. The Balaban J connectivity index is 1.40. The van der Waals surface area contributed by atoms with E-state index in [0.29, 0.717) is 5.41 Å². The molecule has 2 aliphatic heterocycles. The average Bonchev–Trinajstić information content (AvgIpc) is 3.09. The molecule has 1 N–H and O–H groups in total. The summed E-state index contributed by atoms with van der Waals surface area (Å²) in [6.45, 7) is 6.43. The lowest BCUT2D eigenvalue weighted by Gasteiger charge is -2.38. The van der Waals surface area contributed by atoms with Crippen LogP contribution in [0.4, 0.5) is 5.82 Å². The van der Waals surface area contributed by atoms with Crippen LogP contribution in [0.25, 0.3) is 0 Å². The monoisotopic (exact) mass is 343 g/mol. The first-order valence-corrected chi connectivity index (χ1v) is 9.52. The van der Waals surface area contributed by atoms with Crippen LogP contribution in [0.15, 0.2) is 23.3 Å². The van der Waals surface area contributed by atoms with E-state index in [1.54, 1.807) is 0 Å². The molecule has 3 fully saturated rings. The second kappa shape index (κ2) is 7.20. The molecule has 1 saturated carbocycles. The topological polar surface area (TPSA) is 53.0 Å². The molecular weight excluding hydrogens is 314 g/mol. The maximum Gasteiger partial charge on any atom is 0.193 e. The number of guanidine groups is 1. The van der Waals surface area contributed by atoms with Crippen molar-refractivity contribution in [1.82, 2.24) is 15.2 Å². The summed E-state index contributed by atoms with van der Waals surface area (Å²) in [5.74, 6) is 2.10. The Morgan fingerprint density at radius 1 is 1.28 bits per heavy atom. The number of nitrogens with one attached hydrogen (secondary N) is 1. The zero-order valence-electron chi connectivity index (χ0n) is 15.2. The third-order valence-corrected chi connectivity index (χ3v) is 5.98. The molecule has 3 aliphatic rings. The van der Waals surface area contributed by atoms with Gasteiger partial charge < -0.3 is 19.9 Å². The van der Waals surface area contributed by atoms with Crippen LogP contribution in [0.1, 0.15) is 31.2 Å². The molecule has 6 nitrogen and oxygen atoms in total. The Kier molecular flexibility index (Phi) is 4.79. The molecule has 3 heterocycles. The van der Waals surface area contributed by atoms with Gasteiger partial charge in [0.25, 0.3) is 0 Å². The number of aromatic nitrogens is 1. The van der Waals surface area contributed by atoms with Gasteiger partial charge in [0.15, 0.2) is 5.96 Å². The predicted molar refractivity (Wildman–Crippen MR) is 99.9 cm³/mol. The predicted octanol–water partition coefficient (Wildman–Crippen LogP) is 1.87. The highest BCUT2D eigenvalue weighted by atomic mass is 16.5. The molecule has 0 atom stereocenters. The van der Waals surface area contributed by atoms with Gasteiger partial charge in [-0.2, -0.15) is 0 Å². The van der Waals surface area contributed by atoms with Crippen LogP contribution in [0.2, 0.25) is 0 Å². The van der Waals surface area contributed by atoms with Crippen LogP contribution in [-0.2, 0) is 11.3 Å². The molecular formula is C19H29N5O. The molecule has 136 valence electrons. The summed E-state index contributed by atoms with van der Waals surface area (Å²) >= 11 is 0. The Hall–Kier alpha value is -1.82. The van der Waals surface area contributed by atoms with Gasteiger partial charge in [-0.3, -0.25) is 4.99 Å². The van der Waals surface area contributed by atoms with Crippen LogP contribution in [-0.4, -0.2) is 62.3 Å². The molecule has 2 saturated heterocycles. The van der Waals surface area contributed by atoms with E-state index in [0.717, 1.165) is 57.7 Å². The van der Waals surface area contributed by atoms with E-state index in [9.17, 15) is 0 Å². The standard InChI is InChI=1S/C19H29N5O/c1-20-18(24-9-7-19(15-24)5-3-6-19)22-14-16-4-2-8-21-17(16)23-10-12-25-13-11-23/h2,4,8H,3,5-7,9-15H2,1H3,(H,20,22). The summed E-state index contributed by atoms with van der Waals surface area (Å²) in [7, 11) is 1.89. The number of likely N-dealkylation sites (tertiary alicyclic amines) is 1. The lowest BCUT2D eigenvalue weighted by Crippen LogP contribution is -2.42. The molecule has 0 aromatic carbocycles. The van der Waals surface area contributed by atoms with Crippen molar-refractivity contribution in [1.29, 1.82) is 0 Å². The summed E-state index contributed by atoms with van der Waals surface area (Å²) in [6, 6.07) is 4.18. The molecule has 0 amide bonds. The highest BCUT2D eigenvalue weighted by Gasteiger charge is 2.43. The molecule has 1 aromatic rings. The van der Waals surface area contributed by atoms with Crippen molar-refractivity contribution in [2.45, 2.75) is 32.2 Å². The molecule has 0 bridgehead atoms. The summed E-state index contributed by atoms with van der Waals surface area (Å²) in [6.07, 6.45) is 7.39. The number of anilines is 1. The minimum Gasteiger partial charge on any atom is -0.378 e. The Bertz CT molecular complexity index is 622. The van der Waals surface area contributed by atoms with E-state index in [1.165, 1.54) is 31.2 Å². The number of pyridine rings is 1. The number of hydrogen-bond donors (Lipinski definition) is 1. The fourth-order valence-corrected chi connectivity index (χ4v) is 4.34. The van der Waals surface area contributed by atoms with Gasteiger partial charge in [0, 0.05) is 51.5 Å². The van der Waals surface area contributed by atoms with E-state index in [-0.39, 0.29) is 0 Å². The van der Waals surface area contributed by atoms with Gasteiger partial charge in [0.2, 0.25) is 0 Å². The maximum absolute atomic E-state index is 5.47. The third-order valence-electron chi connectivity index (χ3n) is 5.98. The van der Waals surface area contributed by atoms with E-state index >= 15 is 0 Å². The van der Waals surface area contributed by atoms with E-state index in [1.807, 2.05) is 19.3 Å². The first-order valence-electron chi connectivity index (χ1n) is 9.52. The zero-order valence-corrected chi connectivity index (χ0v) is 15.2. The van der Waals surface area contributed by atoms with Gasteiger partial charge in [-0.1, -0.05) is 12.5 Å². The number of hydrogen-bond acceptors (Lipinski definition) is 4. The van der Waals surface area contributed by atoms with Gasteiger partial charge in [-0.25, -0.2) is 4.98 Å². The van der Waals surface area contributed by atoms with Gasteiger partial charge in [0.1, 0.15) is 5.82 Å². The smallest absolute Gasteiger partial charge is 0.193 e. The largest absolute Gasteiger partial charge is 0.378 e. The highest BCUT2D eigenvalue weighted by molar-refractivity contribution is 5.80. The van der Waals surface area contributed by atoms with Gasteiger partial charge in [-0.05, 0) is 30.7 Å². The first kappa shape index (κ1) is 16.6. The van der Waals surface area contributed by atoms with Crippen LogP contribution in [0.5, 0.6) is 0 Å². The number of morpholine rings is 1. The van der Waals surface area contributed by atoms with Crippen LogP contribution < -0.4 is 10.2 Å². The van der Waals surface area contributed by atoms with Gasteiger partial charge in [0.05, 0.1) is 13.2 Å². The molecule has 25 heavy (non-hydrogen) atoms. The summed E-state index contributed by atoms with van der Waals surface area (Å²) in [4.78, 5) is 13.9. The number of aliphatic imine (C=N–C) groups is 1. The van der Waals surface area contributed by atoms with Crippen molar-refractivity contribution in [2.24, 2.45) is 10.4 Å². The van der Waals surface area contributed by atoms with Crippen molar-refractivity contribution in [3.8, 4) is 0 Å². The number of rotatable bonds is 3. The normalized spacial score (nSPS) is 23.0. The van der Waals surface area contributed by atoms with Crippen molar-refractivity contribution in [3.05, 3.63) is 23.9 Å². The summed E-state index contributed by atoms with van der Waals surface area (Å²) in [5, 5.41) is 3.57. The van der Waals surface area contributed by atoms with Gasteiger partial charge >= 0.3 is 0 Å². The summed E-state index contributed by atoms with van der Waals surface area (Å²) < 4.78 is 5.47. The van der Waals surface area contributed by atoms with Gasteiger partial charge in [-0.15, -0.1) is 0 Å². The van der Waals surface area contributed by atoms with E-state index < -0.39 is 0 Å². The van der Waals surface area contributed by atoms with Crippen molar-refractivity contribution in [2.75, 3.05) is 51.3 Å². The molecule has 4 rings (SSSR count). The Morgan fingerprint density at radius 2 is 2.12 bits per heavy atom. The fraction of sp³-hybridized carbons (Fsp3) is 0.684. The zero-order chi connectivity index (χ0) is 17.1. The lowest BCUT2D eigenvalue weighted by atomic mass is 9.68. The van der Waals surface area contributed by atoms with Crippen molar-refractivity contribution >= 4 is 11.8 Å². The molecule has 1 aliphatic carbocycles. The average molecular weight is 343 g/mol. The first-order chi connectivity index (χ1) is 12.3. The quantitative estimate of drug-likeness (QED) is 0.671.